The Morgan fingerprint density at radius 3 is 2.43 bits per heavy atom. The summed E-state index contributed by atoms with van der Waals surface area (Å²) < 4.78 is 0. The summed E-state index contributed by atoms with van der Waals surface area (Å²) >= 11 is 0. The number of carbonyl (C=O) groups excluding carboxylic acids is 1. The van der Waals surface area contributed by atoms with E-state index >= 15 is 0 Å². The van der Waals surface area contributed by atoms with Crippen molar-refractivity contribution in [3.63, 3.8) is 0 Å². The molecule has 0 heterocycles. The molecular formula is C16H22N2O5. The fourth-order valence-electron chi connectivity index (χ4n) is 2.20. The molecule has 23 heavy (non-hydrogen) atoms. The van der Waals surface area contributed by atoms with Gasteiger partial charge in [0.2, 0.25) is 0 Å². The monoisotopic (exact) mass is 322 g/mol. The number of benzene rings is 1. The van der Waals surface area contributed by atoms with Crippen molar-refractivity contribution in [3.8, 4) is 0 Å². The van der Waals surface area contributed by atoms with Gasteiger partial charge in [0.05, 0.1) is 4.92 Å². The Kier molecular flexibility index (Phi) is 5.84. The highest BCUT2D eigenvalue weighted by Crippen LogP contribution is 2.31. The number of hydrogen-bond donors (Lipinski definition) is 2. The Bertz CT molecular complexity index is 619. The van der Waals surface area contributed by atoms with Crippen LogP contribution in [0.4, 0.5) is 5.69 Å². The van der Waals surface area contributed by atoms with E-state index < -0.39 is 22.2 Å². The number of rotatable bonds is 6. The average molecular weight is 322 g/mol. The lowest BCUT2D eigenvalue weighted by Crippen LogP contribution is -2.29. The van der Waals surface area contributed by atoms with Crippen molar-refractivity contribution in [1.82, 2.24) is 5.32 Å². The number of aliphatic carboxylic acids is 1. The van der Waals surface area contributed by atoms with E-state index in [0.29, 0.717) is 5.56 Å². The van der Waals surface area contributed by atoms with Crippen molar-refractivity contribution in [2.75, 3.05) is 6.54 Å². The molecule has 1 aromatic rings. The molecule has 0 saturated carbocycles. The highest BCUT2D eigenvalue weighted by Gasteiger charge is 2.26. The number of nitrogens with zero attached hydrogens (tertiary/aromatic N) is 1. The molecule has 1 atom stereocenters. The molecule has 1 unspecified atom stereocenters. The standard InChI is InChI=1S/C16H22N2O5/c1-10(7-14(19)20)9-17-15(21)11-5-6-12(16(2,3)4)13(8-11)18(22)23/h5-6,8,10H,7,9H2,1-4H3,(H,17,21)(H,19,20). The van der Waals surface area contributed by atoms with Crippen molar-refractivity contribution in [3.05, 3.63) is 39.4 Å². The number of nitro benzene ring substituents is 1. The van der Waals surface area contributed by atoms with E-state index in [-0.39, 0.29) is 30.1 Å². The molecule has 0 aliphatic carbocycles. The Labute approximate surface area is 134 Å². The van der Waals surface area contributed by atoms with Crippen molar-refractivity contribution >= 4 is 17.6 Å². The quantitative estimate of drug-likeness (QED) is 0.618. The van der Waals surface area contributed by atoms with Crippen LogP contribution in [0.15, 0.2) is 18.2 Å². The van der Waals surface area contributed by atoms with Crippen LogP contribution in [0.2, 0.25) is 0 Å². The van der Waals surface area contributed by atoms with Crippen LogP contribution in [0.3, 0.4) is 0 Å². The molecule has 0 spiro atoms. The van der Waals surface area contributed by atoms with Gasteiger partial charge < -0.3 is 10.4 Å². The van der Waals surface area contributed by atoms with Crippen LogP contribution in [-0.4, -0.2) is 28.5 Å². The molecule has 0 aliphatic heterocycles. The van der Waals surface area contributed by atoms with E-state index in [9.17, 15) is 19.7 Å². The SMILES string of the molecule is CC(CNC(=O)c1ccc(C(C)(C)C)c([N+](=O)[O-])c1)CC(=O)O. The molecule has 0 saturated heterocycles. The summed E-state index contributed by atoms with van der Waals surface area (Å²) in [5, 5.41) is 22.5. The van der Waals surface area contributed by atoms with Gasteiger partial charge in [-0.1, -0.05) is 33.8 Å². The molecule has 0 aliphatic rings. The average Bonchev–Trinajstić information content (AvgIpc) is 2.42. The van der Waals surface area contributed by atoms with Crippen LogP contribution in [0.5, 0.6) is 0 Å². The van der Waals surface area contributed by atoms with Crippen LogP contribution in [0, 0.1) is 16.0 Å². The van der Waals surface area contributed by atoms with Crippen LogP contribution in [-0.2, 0) is 10.2 Å². The van der Waals surface area contributed by atoms with E-state index in [2.05, 4.69) is 5.32 Å². The third-order valence-electron chi connectivity index (χ3n) is 3.40. The second kappa shape index (κ2) is 7.21. The van der Waals surface area contributed by atoms with Gasteiger partial charge in [0.25, 0.3) is 11.6 Å². The van der Waals surface area contributed by atoms with Crippen molar-refractivity contribution in [2.45, 2.75) is 39.5 Å². The molecule has 0 radical (unpaired) electrons. The number of nitro groups is 1. The molecule has 0 fully saturated rings. The number of carboxylic acids is 1. The predicted octanol–water partition coefficient (Wildman–Crippen LogP) is 2.73. The van der Waals surface area contributed by atoms with Crippen molar-refractivity contribution in [1.29, 1.82) is 0 Å². The minimum Gasteiger partial charge on any atom is -0.481 e. The Morgan fingerprint density at radius 1 is 1.35 bits per heavy atom. The van der Waals surface area contributed by atoms with Crippen LogP contribution >= 0.6 is 0 Å². The molecule has 126 valence electrons. The maximum Gasteiger partial charge on any atom is 0.303 e. The molecule has 1 rings (SSSR count). The summed E-state index contributed by atoms with van der Waals surface area (Å²) in [6.45, 7) is 7.49. The molecule has 7 heteroatoms. The minimum atomic E-state index is -0.933. The molecule has 0 bridgehead atoms. The number of carboxylic acid groups (broad SMARTS) is 1. The first-order valence-electron chi connectivity index (χ1n) is 7.31. The fraction of sp³-hybridized carbons (Fsp3) is 0.500. The molecule has 1 amide bonds. The highest BCUT2D eigenvalue weighted by molar-refractivity contribution is 5.95. The Hall–Kier alpha value is -2.44. The minimum absolute atomic E-state index is 0.0522. The van der Waals surface area contributed by atoms with E-state index in [1.165, 1.54) is 6.07 Å². The van der Waals surface area contributed by atoms with Crippen LogP contribution in [0.25, 0.3) is 0 Å². The van der Waals surface area contributed by atoms with E-state index in [1.807, 2.05) is 20.8 Å². The second-order valence-electron chi connectivity index (χ2n) is 6.65. The molecule has 1 aromatic carbocycles. The van der Waals surface area contributed by atoms with Gasteiger partial charge in [-0.2, -0.15) is 0 Å². The topological polar surface area (TPSA) is 110 Å². The Balaban J connectivity index is 2.93. The maximum atomic E-state index is 12.1. The first-order chi connectivity index (χ1) is 10.5. The highest BCUT2D eigenvalue weighted by atomic mass is 16.6. The normalized spacial score (nSPS) is 12.5. The fourth-order valence-corrected chi connectivity index (χ4v) is 2.20. The van der Waals surface area contributed by atoms with E-state index in [1.54, 1.807) is 19.1 Å². The van der Waals surface area contributed by atoms with Gasteiger partial charge in [0.15, 0.2) is 0 Å². The molecule has 7 nitrogen and oxygen atoms in total. The van der Waals surface area contributed by atoms with Gasteiger partial charge in [0.1, 0.15) is 0 Å². The summed E-state index contributed by atoms with van der Waals surface area (Å²) in [6, 6.07) is 4.40. The summed E-state index contributed by atoms with van der Waals surface area (Å²) in [6.07, 6.45) is -0.0522. The zero-order valence-electron chi connectivity index (χ0n) is 13.8. The third-order valence-corrected chi connectivity index (χ3v) is 3.40. The van der Waals surface area contributed by atoms with Gasteiger partial charge in [0, 0.05) is 30.2 Å². The third kappa shape index (κ3) is 5.36. The number of hydrogen-bond acceptors (Lipinski definition) is 4. The van der Waals surface area contributed by atoms with Gasteiger partial charge in [-0.25, -0.2) is 0 Å². The summed E-state index contributed by atoms with van der Waals surface area (Å²) in [7, 11) is 0. The number of amides is 1. The van der Waals surface area contributed by atoms with Gasteiger partial charge in [-0.05, 0) is 17.4 Å². The number of nitrogens with one attached hydrogen (secondary N) is 1. The predicted molar refractivity (Wildman–Crippen MR) is 85.5 cm³/mol. The summed E-state index contributed by atoms with van der Waals surface area (Å²) in [5.74, 6) is -1.61. The summed E-state index contributed by atoms with van der Waals surface area (Å²) in [4.78, 5) is 33.4. The first kappa shape index (κ1) is 18.6. The molecule has 2 N–H and O–H groups in total. The molecular weight excluding hydrogens is 300 g/mol. The lowest BCUT2D eigenvalue weighted by molar-refractivity contribution is -0.386. The first-order valence-corrected chi connectivity index (χ1v) is 7.31. The van der Waals surface area contributed by atoms with E-state index in [4.69, 9.17) is 5.11 Å². The van der Waals surface area contributed by atoms with Gasteiger partial charge in [-0.3, -0.25) is 19.7 Å². The second-order valence-corrected chi connectivity index (χ2v) is 6.65. The van der Waals surface area contributed by atoms with Crippen molar-refractivity contribution < 1.29 is 19.6 Å². The lowest BCUT2D eigenvalue weighted by Gasteiger charge is -2.19. The Morgan fingerprint density at radius 2 is 1.96 bits per heavy atom. The van der Waals surface area contributed by atoms with Gasteiger partial charge in [-0.15, -0.1) is 0 Å². The maximum absolute atomic E-state index is 12.1. The smallest absolute Gasteiger partial charge is 0.303 e. The lowest BCUT2D eigenvalue weighted by atomic mass is 9.85. The van der Waals surface area contributed by atoms with Crippen LogP contribution < -0.4 is 5.32 Å². The zero-order chi connectivity index (χ0) is 17.8. The van der Waals surface area contributed by atoms with Gasteiger partial charge >= 0.3 is 5.97 Å². The number of carbonyl (C=O) groups is 2. The van der Waals surface area contributed by atoms with Crippen LogP contribution in [0.1, 0.15) is 50.0 Å². The van der Waals surface area contributed by atoms with E-state index in [0.717, 1.165) is 0 Å². The largest absolute Gasteiger partial charge is 0.481 e. The zero-order valence-corrected chi connectivity index (χ0v) is 13.8. The molecule has 0 aromatic heterocycles. The van der Waals surface area contributed by atoms with Crippen molar-refractivity contribution in [2.24, 2.45) is 5.92 Å². The summed E-state index contributed by atoms with van der Waals surface area (Å²) in [5.41, 5.74) is 0.238.